The summed E-state index contributed by atoms with van der Waals surface area (Å²) in [4.78, 5) is 19.0. The summed E-state index contributed by atoms with van der Waals surface area (Å²) in [6, 6.07) is 11.6. The third kappa shape index (κ3) is 3.47. The van der Waals surface area contributed by atoms with Crippen LogP contribution in [0, 0.1) is 17.8 Å². The zero-order valence-electron chi connectivity index (χ0n) is 15.6. The molecule has 4 aliphatic rings. The zero-order chi connectivity index (χ0) is 17.4. The molecular weight excluding hydrogens is 310 g/mol. The van der Waals surface area contributed by atoms with Crippen LogP contribution in [0.5, 0.6) is 0 Å². The minimum Gasteiger partial charge on any atom is -0.349 e. The van der Waals surface area contributed by atoms with Gasteiger partial charge < -0.3 is 4.90 Å². The fraction of sp³-hybridized carbons (Fsp3) is 0.667. The molecule has 2 bridgehead atoms. The highest BCUT2D eigenvalue weighted by molar-refractivity contribution is 5.75. The number of rotatable bonds is 5. The van der Waals surface area contributed by atoms with Crippen LogP contribution in [0.3, 0.4) is 0 Å². The Morgan fingerprint density at radius 2 is 1.84 bits per heavy atom. The molecule has 1 aliphatic carbocycles. The molecule has 25 heavy (non-hydrogen) atoms. The number of benzene rings is 1. The molecule has 1 saturated carbocycles. The van der Waals surface area contributed by atoms with Crippen molar-refractivity contribution < 1.29 is 4.79 Å². The Labute approximate surface area is 151 Å². The van der Waals surface area contributed by atoms with E-state index in [2.05, 4.69) is 40.1 Å². The van der Waals surface area contributed by atoms with Gasteiger partial charge in [-0.15, -0.1) is 0 Å². The maximum Gasteiger partial charge on any atom is 0.223 e. The highest BCUT2D eigenvalue weighted by Crippen LogP contribution is 2.47. The van der Waals surface area contributed by atoms with E-state index in [1.54, 1.807) is 4.90 Å². The zero-order valence-corrected chi connectivity index (χ0v) is 15.6. The van der Waals surface area contributed by atoms with Crippen LogP contribution in [0.25, 0.3) is 0 Å². The summed E-state index contributed by atoms with van der Waals surface area (Å²) in [5, 5.41) is 0. The molecule has 1 aromatic rings. The van der Waals surface area contributed by atoms with Gasteiger partial charge in [0.2, 0.25) is 5.91 Å². The van der Waals surface area contributed by atoms with E-state index < -0.39 is 0 Å². The third-order valence-electron chi connectivity index (χ3n) is 6.72. The molecule has 1 amide bonds. The fourth-order valence-corrected chi connectivity index (χ4v) is 5.47. The summed E-state index contributed by atoms with van der Waals surface area (Å²) in [5.41, 5.74) is 1.43. The van der Waals surface area contributed by atoms with Crippen molar-refractivity contribution in [2.75, 3.05) is 40.3 Å². The van der Waals surface area contributed by atoms with E-state index in [9.17, 15) is 4.79 Å². The van der Waals surface area contributed by atoms with Crippen LogP contribution in [-0.4, -0.2) is 66.9 Å². The number of piperidine rings is 2. The molecule has 4 nitrogen and oxygen atoms in total. The van der Waals surface area contributed by atoms with Crippen LogP contribution in [0.15, 0.2) is 30.3 Å². The number of hydrogen-bond acceptors (Lipinski definition) is 3. The number of nitrogens with zero attached hydrogens (tertiary/aromatic N) is 3. The first-order valence-corrected chi connectivity index (χ1v) is 9.82. The molecule has 4 unspecified atom stereocenters. The van der Waals surface area contributed by atoms with Gasteiger partial charge in [0, 0.05) is 59.3 Å². The van der Waals surface area contributed by atoms with Crippen LogP contribution in [0.4, 0.5) is 0 Å². The van der Waals surface area contributed by atoms with E-state index in [0.717, 1.165) is 30.8 Å². The van der Waals surface area contributed by atoms with Gasteiger partial charge in [-0.3, -0.25) is 14.6 Å². The summed E-state index contributed by atoms with van der Waals surface area (Å²) >= 11 is 0. The number of hydrogen-bond donors (Lipinski definition) is 0. The molecule has 4 atom stereocenters. The van der Waals surface area contributed by atoms with Crippen LogP contribution in [-0.2, 0) is 11.3 Å². The van der Waals surface area contributed by atoms with Crippen molar-refractivity contribution in [2.24, 2.45) is 17.8 Å². The first-order chi connectivity index (χ1) is 12.1. The van der Waals surface area contributed by atoms with Crippen LogP contribution in [0.1, 0.15) is 24.8 Å². The molecule has 0 radical (unpaired) electrons. The lowest BCUT2D eigenvalue weighted by atomic mass is 9.66. The molecule has 0 spiro atoms. The maximum atomic E-state index is 12.0. The number of likely N-dealkylation sites (tertiary alicyclic amines) is 1. The molecule has 3 aliphatic heterocycles. The smallest absolute Gasteiger partial charge is 0.223 e. The van der Waals surface area contributed by atoms with Gasteiger partial charge >= 0.3 is 0 Å². The quantitative estimate of drug-likeness (QED) is 0.822. The van der Waals surface area contributed by atoms with Gasteiger partial charge in [-0.05, 0) is 36.2 Å². The predicted octanol–water partition coefficient (Wildman–Crippen LogP) is 2.31. The van der Waals surface area contributed by atoms with Gasteiger partial charge in [0.1, 0.15) is 0 Å². The van der Waals surface area contributed by atoms with E-state index in [1.165, 1.54) is 38.0 Å². The van der Waals surface area contributed by atoms with E-state index in [0.29, 0.717) is 12.5 Å². The summed E-state index contributed by atoms with van der Waals surface area (Å²) < 4.78 is 0. The number of carbonyl (C=O) groups is 1. The monoisotopic (exact) mass is 341 g/mol. The minimum atomic E-state index is 0.259. The highest BCUT2D eigenvalue weighted by atomic mass is 16.2. The van der Waals surface area contributed by atoms with Crippen molar-refractivity contribution in [1.29, 1.82) is 0 Å². The van der Waals surface area contributed by atoms with Gasteiger partial charge in [0.05, 0.1) is 0 Å². The highest BCUT2D eigenvalue weighted by Gasteiger charge is 2.51. The van der Waals surface area contributed by atoms with E-state index >= 15 is 0 Å². The summed E-state index contributed by atoms with van der Waals surface area (Å²) in [6.07, 6.45) is 3.39. The number of carbonyl (C=O) groups excluding carboxylic acids is 1. The fourth-order valence-electron chi connectivity index (χ4n) is 5.47. The Kier molecular flexibility index (Phi) is 4.83. The van der Waals surface area contributed by atoms with Crippen molar-refractivity contribution in [1.82, 2.24) is 14.7 Å². The van der Waals surface area contributed by atoms with Crippen molar-refractivity contribution in [3.63, 3.8) is 0 Å². The maximum absolute atomic E-state index is 12.0. The predicted molar refractivity (Wildman–Crippen MR) is 100 cm³/mol. The molecule has 3 saturated heterocycles. The van der Waals surface area contributed by atoms with Crippen molar-refractivity contribution in [3.8, 4) is 0 Å². The van der Waals surface area contributed by atoms with E-state index in [4.69, 9.17) is 0 Å². The molecule has 0 N–H and O–H groups in total. The molecule has 3 heterocycles. The molecule has 4 fully saturated rings. The van der Waals surface area contributed by atoms with Crippen LogP contribution >= 0.6 is 0 Å². The Morgan fingerprint density at radius 3 is 2.60 bits per heavy atom. The molecule has 5 rings (SSSR count). The lowest BCUT2D eigenvalue weighted by molar-refractivity contribution is -0.129. The lowest BCUT2D eigenvalue weighted by Crippen LogP contribution is -2.57. The third-order valence-corrected chi connectivity index (χ3v) is 6.72. The average Bonchev–Trinajstić information content (AvgIpc) is 3.06. The van der Waals surface area contributed by atoms with Crippen molar-refractivity contribution in [3.05, 3.63) is 35.9 Å². The van der Waals surface area contributed by atoms with Crippen LogP contribution < -0.4 is 0 Å². The summed E-state index contributed by atoms with van der Waals surface area (Å²) in [5.74, 6) is 2.79. The summed E-state index contributed by atoms with van der Waals surface area (Å²) in [7, 11) is 3.72. The molecule has 136 valence electrons. The Hall–Kier alpha value is -1.39. The molecule has 0 aromatic heterocycles. The van der Waals surface area contributed by atoms with Gasteiger partial charge in [-0.2, -0.15) is 0 Å². The van der Waals surface area contributed by atoms with Gasteiger partial charge in [-0.1, -0.05) is 30.3 Å². The SMILES string of the molecule is CN(C)C(=O)CCN1CC2CCC1C1CN(Cc3ccccc3)CC21. The van der Waals surface area contributed by atoms with Crippen molar-refractivity contribution >= 4 is 5.91 Å². The Bertz CT molecular complexity index is 602. The average molecular weight is 341 g/mol. The standard InChI is InChI=1S/C21H31N3O/c1-22(2)21(25)10-11-24-13-17-8-9-20(24)19-15-23(14-18(17)19)12-16-6-4-3-5-7-16/h3-7,17-20H,8-15H2,1-2H3. The van der Waals surface area contributed by atoms with E-state index in [1.807, 2.05) is 14.1 Å². The Balaban J connectivity index is 1.38. The summed E-state index contributed by atoms with van der Waals surface area (Å²) in [6.45, 7) is 5.75. The van der Waals surface area contributed by atoms with Gasteiger partial charge in [0.25, 0.3) is 0 Å². The van der Waals surface area contributed by atoms with Crippen LogP contribution in [0.2, 0.25) is 0 Å². The first kappa shape index (κ1) is 17.0. The normalized spacial score (nSPS) is 31.9. The second kappa shape index (κ2) is 7.08. The first-order valence-electron chi connectivity index (χ1n) is 9.82. The number of fused-ring (bicyclic) bond motifs is 2. The van der Waals surface area contributed by atoms with Gasteiger partial charge in [-0.25, -0.2) is 0 Å². The topological polar surface area (TPSA) is 26.8 Å². The molecular formula is C21H31N3O. The second-order valence-corrected chi connectivity index (χ2v) is 8.45. The Morgan fingerprint density at radius 1 is 1.08 bits per heavy atom. The molecule has 4 heteroatoms. The largest absolute Gasteiger partial charge is 0.349 e. The number of amides is 1. The second-order valence-electron chi connectivity index (χ2n) is 8.45. The van der Waals surface area contributed by atoms with E-state index in [-0.39, 0.29) is 5.91 Å². The molecule has 1 aromatic carbocycles. The van der Waals surface area contributed by atoms with Gasteiger partial charge in [0.15, 0.2) is 0 Å². The minimum absolute atomic E-state index is 0.259. The lowest BCUT2D eigenvalue weighted by Gasteiger charge is -2.52. The van der Waals surface area contributed by atoms with Crippen molar-refractivity contribution in [2.45, 2.75) is 31.8 Å².